The smallest absolute Gasteiger partial charge is 0.271 e. The highest BCUT2D eigenvalue weighted by atomic mass is 16.6. The highest BCUT2D eigenvalue weighted by molar-refractivity contribution is 5.93. The molecule has 7 nitrogen and oxygen atoms in total. The highest BCUT2D eigenvalue weighted by Crippen LogP contribution is 2.70. The summed E-state index contributed by atoms with van der Waals surface area (Å²) in [5, 5.41) is 14.6. The van der Waals surface area contributed by atoms with E-state index in [4.69, 9.17) is 9.97 Å². The minimum absolute atomic E-state index is 0.00825. The van der Waals surface area contributed by atoms with Crippen molar-refractivity contribution in [2.75, 3.05) is 0 Å². The van der Waals surface area contributed by atoms with Gasteiger partial charge in [-0.3, -0.25) is 14.9 Å². The van der Waals surface area contributed by atoms with Crippen LogP contribution in [-0.2, 0) is 15.6 Å². The number of hydrogen-bond acceptors (Lipinski definition) is 5. The van der Waals surface area contributed by atoms with Crippen LogP contribution in [0.5, 0.6) is 0 Å². The molecule has 1 amide bonds. The lowest BCUT2D eigenvalue weighted by Gasteiger charge is -2.40. The van der Waals surface area contributed by atoms with Gasteiger partial charge in [-0.2, -0.15) is 0 Å². The third-order valence-corrected chi connectivity index (χ3v) is 8.56. The Morgan fingerprint density at radius 2 is 1.77 bits per heavy atom. The van der Waals surface area contributed by atoms with Gasteiger partial charge in [-0.05, 0) is 37.2 Å². The first-order valence-electron chi connectivity index (χ1n) is 11.0. The molecular formula is C23H28N4O3. The molecule has 2 atom stereocenters. The van der Waals surface area contributed by atoms with Gasteiger partial charge in [0.1, 0.15) is 0 Å². The molecule has 0 aliphatic heterocycles. The molecule has 3 aliphatic carbocycles. The summed E-state index contributed by atoms with van der Waals surface area (Å²) in [4.78, 5) is 34.5. The van der Waals surface area contributed by atoms with Crippen molar-refractivity contribution >= 4 is 22.6 Å². The standard InChI is InChI=1S/C23H28N4O3/c1-21(2)22(3)11-12-23(21,20(28)24-14-7-5-4-6-8-14)19-18(22)25-16-10-9-15(27(29)30)13-17(16)26-19/h9-10,13-14H,4-8,11-12H2,1-3H3,(H,24,28). The molecule has 2 saturated carbocycles. The van der Waals surface area contributed by atoms with Crippen LogP contribution >= 0.6 is 0 Å². The Kier molecular flexibility index (Phi) is 4.02. The van der Waals surface area contributed by atoms with Gasteiger partial charge in [-0.15, -0.1) is 0 Å². The summed E-state index contributed by atoms with van der Waals surface area (Å²) >= 11 is 0. The molecule has 5 rings (SSSR count). The third-order valence-electron chi connectivity index (χ3n) is 8.56. The summed E-state index contributed by atoms with van der Waals surface area (Å²) in [5.41, 5.74) is 1.39. The zero-order valence-corrected chi connectivity index (χ0v) is 17.8. The van der Waals surface area contributed by atoms with E-state index in [1.165, 1.54) is 18.6 Å². The van der Waals surface area contributed by atoms with E-state index in [0.29, 0.717) is 11.0 Å². The zero-order chi connectivity index (χ0) is 21.3. The summed E-state index contributed by atoms with van der Waals surface area (Å²) in [6.07, 6.45) is 7.23. The molecule has 1 aromatic carbocycles. The lowest BCUT2D eigenvalue weighted by Crippen LogP contribution is -2.53. The molecule has 0 spiro atoms. The quantitative estimate of drug-likeness (QED) is 0.602. The Morgan fingerprint density at radius 1 is 1.07 bits per heavy atom. The topological polar surface area (TPSA) is 98.0 Å². The van der Waals surface area contributed by atoms with Crippen molar-refractivity contribution in [3.8, 4) is 0 Å². The van der Waals surface area contributed by atoms with E-state index in [1.807, 2.05) is 0 Å². The number of rotatable bonds is 3. The maximum absolute atomic E-state index is 13.8. The molecule has 1 N–H and O–H groups in total. The molecule has 30 heavy (non-hydrogen) atoms. The number of amides is 1. The maximum Gasteiger partial charge on any atom is 0.271 e. The number of nitrogens with one attached hydrogen (secondary N) is 1. The number of carbonyl (C=O) groups is 1. The average molecular weight is 409 g/mol. The second kappa shape index (κ2) is 6.22. The average Bonchev–Trinajstić information content (AvgIpc) is 3.02. The number of benzene rings is 1. The Hall–Kier alpha value is -2.57. The number of nitro benzene ring substituents is 1. The van der Waals surface area contributed by atoms with E-state index >= 15 is 0 Å². The van der Waals surface area contributed by atoms with Gasteiger partial charge in [0.15, 0.2) is 0 Å². The van der Waals surface area contributed by atoms with Crippen LogP contribution in [0, 0.1) is 15.5 Å². The second-order valence-corrected chi connectivity index (χ2v) is 10.0. The summed E-state index contributed by atoms with van der Waals surface area (Å²) in [6, 6.07) is 4.83. The number of fused-ring (bicyclic) bond motifs is 6. The van der Waals surface area contributed by atoms with E-state index in [0.717, 1.165) is 49.9 Å². The lowest BCUT2D eigenvalue weighted by molar-refractivity contribution is -0.384. The van der Waals surface area contributed by atoms with Crippen LogP contribution in [-0.4, -0.2) is 26.8 Å². The van der Waals surface area contributed by atoms with Crippen LogP contribution in [0.1, 0.15) is 77.1 Å². The van der Waals surface area contributed by atoms with Gasteiger partial charge in [-0.25, -0.2) is 9.97 Å². The normalized spacial score (nSPS) is 29.7. The van der Waals surface area contributed by atoms with Crippen LogP contribution in [0.4, 0.5) is 5.69 Å². The Bertz CT molecular complexity index is 1080. The third kappa shape index (κ3) is 2.29. The van der Waals surface area contributed by atoms with Gasteiger partial charge in [0, 0.05) is 23.6 Å². The number of non-ortho nitro benzene ring substituents is 1. The molecule has 2 unspecified atom stereocenters. The first-order chi connectivity index (χ1) is 14.2. The Morgan fingerprint density at radius 3 is 2.47 bits per heavy atom. The van der Waals surface area contributed by atoms with Gasteiger partial charge >= 0.3 is 0 Å². The summed E-state index contributed by atoms with van der Waals surface area (Å²) in [7, 11) is 0. The van der Waals surface area contributed by atoms with E-state index in [9.17, 15) is 14.9 Å². The van der Waals surface area contributed by atoms with E-state index in [1.54, 1.807) is 6.07 Å². The second-order valence-electron chi connectivity index (χ2n) is 10.0. The zero-order valence-electron chi connectivity index (χ0n) is 17.8. The molecule has 1 heterocycles. The highest BCUT2D eigenvalue weighted by Gasteiger charge is 2.73. The summed E-state index contributed by atoms with van der Waals surface area (Å²) < 4.78 is 0. The molecule has 158 valence electrons. The molecule has 0 saturated heterocycles. The van der Waals surface area contributed by atoms with Gasteiger partial charge in [0.05, 0.1) is 32.8 Å². The van der Waals surface area contributed by atoms with Crippen LogP contribution in [0.15, 0.2) is 18.2 Å². The van der Waals surface area contributed by atoms with Crippen molar-refractivity contribution in [2.24, 2.45) is 5.41 Å². The monoisotopic (exact) mass is 408 g/mol. The van der Waals surface area contributed by atoms with Crippen LogP contribution < -0.4 is 5.32 Å². The van der Waals surface area contributed by atoms with Crippen molar-refractivity contribution in [2.45, 2.75) is 82.6 Å². The predicted octanol–water partition coefficient (Wildman–Crippen LogP) is 4.32. The molecule has 7 heteroatoms. The lowest BCUT2D eigenvalue weighted by atomic mass is 9.63. The van der Waals surface area contributed by atoms with E-state index < -0.39 is 10.3 Å². The van der Waals surface area contributed by atoms with Crippen molar-refractivity contribution < 1.29 is 9.72 Å². The van der Waals surface area contributed by atoms with Gasteiger partial charge in [0.2, 0.25) is 5.91 Å². The van der Waals surface area contributed by atoms with E-state index in [-0.39, 0.29) is 28.5 Å². The molecule has 1 aromatic heterocycles. The fourth-order valence-electron chi connectivity index (χ4n) is 6.26. The van der Waals surface area contributed by atoms with Crippen molar-refractivity contribution in [3.05, 3.63) is 39.7 Å². The molecule has 3 aliphatic rings. The molecular weight excluding hydrogens is 380 g/mol. The predicted molar refractivity (Wildman–Crippen MR) is 113 cm³/mol. The first-order valence-corrected chi connectivity index (χ1v) is 11.0. The minimum atomic E-state index is -0.750. The van der Waals surface area contributed by atoms with Gasteiger partial charge in [-0.1, -0.05) is 40.0 Å². The summed E-state index contributed by atoms with van der Waals surface area (Å²) in [5.74, 6) is 0.0564. The number of carbonyl (C=O) groups excluding carboxylic acids is 1. The first kappa shape index (κ1) is 19.4. The SMILES string of the molecule is CC12CCC(C(=O)NC3CCCCC3)(c3nc4cc([N+](=O)[O-])ccc4nc31)C2(C)C. The van der Waals surface area contributed by atoms with Crippen molar-refractivity contribution in [3.63, 3.8) is 0 Å². The molecule has 0 radical (unpaired) electrons. The summed E-state index contributed by atoms with van der Waals surface area (Å²) in [6.45, 7) is 6.52. The number of nitro groups is 1. The number of aromatic nitrogens is 2. The van der Waals surface area contributed by atoms with Crippen molar-refractivity contribution in [1.29, 1.82) is 0 Å². The molecule has 2 aromatic rings. The number of hydrogen-bond donors (Lipinski definition) is 1. The Labute approximate surface area is 175 Å². The van der Waals surface area contributed by atoms with Crippen LogP contribution in [0.2, 0.25) is 0 Å². The Balaban J connectivity index is 1.66. The van der Waals surface area contributed by atoms with Gasteiger partial charge in [0.25, 0.3) is 5.69 Å². The molecule has 2 bridgehead atoms. The van der Waals surface area contributed by atoms with E-state index in [2.05, 4.69) is 26.1 Å². The molecule has 2 fully saturated rings. The van der Waals surface area contributed by atoms with Crippen molar-refractivity contribution in [1.82, 2.24) is 15.3 Å². The fourth-order valence-corrected chi connectivity index (χ4v) is 6.26. The fraction of sp³-hybridized carbons (Fsp3) is 0.609. The van der Waals surface area contributed by atoms with Crippen LogP contribution in [0.3, 0.4) is 0 Å². The van der Waals surface area contributed by atoms with Crippen LogP contribution in [0.25, 0.3) is 11.0 Å². The largest absolute Gasteiger partial charge is 0.353 e. The number of nitrogens with zero attached hydrogens (tertiary/aromatic N) is 3. The van der Waals surface area contributed by atoms with Gasteiger partial charge < -0.3 is 5.32 Å². The minimum Gasteiger partial charge on any atom is -0.353 e. The maximum atomic E-state index is 13.8.